The van der Waals surface area contributed by atoms with Crippen molar-refractivity contribution in [2.24, 2.45) is 17.6 Å². The quantitative estimate of drug-likeness (QED) is 0.222. The van der Waals surface area contributed by atoms with Gasteiger partial charge in [0.1, 0.15) is 17.1 Å². The van der Waals surface area contributed by atoms with Gasteiger partial charge in [0.2, 0.25) is 17.6 Å². The molecule has 4 aliphatic rings. The van der Waals surface area contributed by atoms with Crippen molar-refractivity contribution in [2.45, 2.75) is 50.8 Å². The molecule has 4 atom stereocenters. The van der Waals surface area contributed by atoms with Gasteiger partial charge in [-0.1, -0.05) is 0 Å². The van der Waals surface area contributed by atoms with Crippen LogP contribution in [0.2, 0.25) is 0 Å². The number of imide groups is 1. The summed E-state index contributed by atoms with van der Waals surface area (Å²) in [6.45, 7) is 5.39. The first-order chi connectivity index (χ1) is 20.7. The highest BCUT2D eigenvalue weighted by atomic mass is 16.3. The number of primary amides is 1. The van der Waals surface area contributed by atoms with E-state index >= 15 is 0 Å². The van der Waals surface area contributed by atoms with E-state index in [1.807, 2.05) is 20.8 Å². The van der Waals surface area contributed by atoms with Gasteiger partial charge in [0.25, 0.3) is 5.91 Å². The number of nitrogens with two attached hydrogens (primary N) is 1. The fourth-order valence-electron chi connectivity index (χ4n) is 7.25. The molecule has 6 N–H and O–H groups in total. The molecule has 1 heterocycles. The summed E-state index contributed by atoms with van der Waals surface area (Å²) in [5, 5.41) is 46.2. The molecular weight excluding hydrogens is 586 g/mol. The van der Waals surface area contributed by atoms with Crippen LogP contribution in [0, 0.1) is 11.8 Å². The van der Waals surface area contributed by atoms with Crippen molar-refractivity contribution >= 4 is 46.4 Å². The maximum Gasteiger partial charge on any atom is 0.255 e. The van der Waals surface area contributed by atoms with Crippen LogP contribution in [-0.2, 0) is 30.4 Å². The monoisotopic (exact) mass is 625 g/mol. The first-order valence-corrected chi connectivity index (χ1v) is 14.6. The number of aromatic hydroxyl groups is 1. The number of phenolic OH excluding ortho intramolecular Hbond substituents is 1. The molecule has 2 unspecified atom stereocenters. The fraction of sp³-hybridized carbons (Fsp3) is 0.516. The van der Waals surface area contributed by atoms with E-state index in [1.54, 1.807) is 23.9 Å². The van der Waals surface area contributed by atoms with Crippen LogP contribution < -0.4 is 15.5 Å². The second-order valence-corrected chi connectivity index (χ2v) is 13.6. The Morgan fingerprint density at radius 1 is 1.02 bits per heavy atom. The summed E-state index contributed by atoms with van der Waals surface area (Å²) in [6, 6.07) is 0.284. The maximum absolute atomic E-state index is 14.2. The largest absolute Gasteiger partial charge is 0.508 e. The van der Waals surface area contributed by atoms with E-state index in [1.165, 1.54) is 25.1 Å². The number of likely N-dealkylation sites (N-methyl/N-ethyl adjacent to an activating group) is 1. The molecule has 1 aromatic carbocycles. The van der Waals surface area contributed by atoms with Gasteiger partial charge in [0.15, 0.2) is 17.1 Å². The molecular formula is C31H39N5O9. The molecule has 0 aromatic heterocycles. The predicted molar refractivity (Wildman–Crippen MR) is 162 cm³/mol. The SMILES string of the molecule is CN(C)c1cc(N2C(=O)CN(C(C)(C)C)CC2=O)c(O)c2c1CC1CC3[C@H](N(C)C)C(=O)C(C(N)=O)=C(O)[C@@]3(O)C(=O)C1=C2O. The lowest BCUT2D eigenvalue weighted by Crippen LogP contribution is -2.65. The van der Waals surface area contributed by atoms with E-state index in [0.717, 1.165) is 4.90 Å². The van der Waals surface area contributed by atoms with E-state index in [2.05, 4.69) is 0 Å². The van der Waals surface area contributed by atoms with Crippen LogP contribution in [0.25, 0.3) is 5.76 Å². The van der Waals surface area contributed by atoms with Crippen LogP contribution in [0.15, 0.2) is 23.0 Å². The van der Waals surface area contributed by atoms with E-state index in [4.69, 9.17) is 5.73 Å². The Balaban J connectivity index is 1.71. The molecule has 1 aliphatic heterocycles. The van der Waals surface area contributed by atoms with Crippen molar-refractivity contribution in [1.29, 1.82) is 0 Å². The second kappa shape index (κ2) is 10.4. The number of aliphatic hydroxyl groups is 3. The lowest BCUT2D eigenvalue weighted by Gasteiger charge is -2.50. The van der Waals surface area contributed by atoms with Crippen molar-refractivity contribution in [1.82, 2.24) is 9.80 Å². The zero-order valence-corrected chi connectivity index (χ0v) is 26.3. The zero-order chi connectivity index (χ0) is 33.7. The number of hydrogen-bond acceptors (Lipinski definition) is 12. The van der Waals surface area contributed by atoms with E-state index in [0.29, 0.717) is 11.3 Å². The number of carbonyl (C=O) groups is 5. The Morgan fingerprint density at radius 2 is 1.60 bits per heavy atom. The number of ketones is 2. The standard InChI is InChI=1S/C31H39N5O9/c1-30(2,3)35-11-18(37)36(19(38)12-35)17-10-16(33(4)5)14-8-13-9-15-23(34(6)7)26(41)22(29(32)44)28(43)31(15,45)27(42)20(13)25(40)21(14)24(17)39/h10,13,15,23,39-40,43,45H,8-9,11-12H2,1-7H3,(H2,32,44)/t13?,15?,23-,31-/m0/s1. The number of benzene rings is 1. The minimum absolute atomic E-state index is 0.0626. The third kappa shape index (κ3) is 4.53. The molecule has 1 saturated heterocycles. The molecule has 0 radical (unpaired) electrons. The van der Waals surface area contributed by atoms with E-state index < -0.39 is 81.1 Å². The number of aliphatic hydroxyl groups excluding tert-OH is 2. The summed E-state index contributed by atoms with van der Waals surface area (Å²) in [5.41, 5.74) is 1.39. The number of Topliss-reactive ketones (excluding diaryl/α,β-unsaturated/α-hetero) is 2. The average Bonchev–Trinajstić information content (AvgIpc) is 2.90. The third-order valence-corrected chi connectivity index (χ3v) is 9.50. The molecule has 1 saturated carbocycles. The Bertz CT molecular complexity index is 1620. The van der Waals surface area contributed by atoms with Crippen molar-refractivity contribution in [2.75, 3.05) is 51.1 Å². The molecule has 3 amide bonds. The van der Waals surface area contributed by atoms with Crippen LogP contribution in [0.3, 0.4) is 0 Å². The van der Waals surface area contributed by atoms with E-state index in [-0.39, 0.29) is 42.8 Å². The van der Waals surface area contributed by atoms with Crippen LogP contribution in [-0.4, -0.2) is 118 Å². The van der Waals surface area contributed by atoms with Gasteiger partial charge in [0.05, 0.1) is 30.4 Å². The zero-order valence-electron chi connectivity index (χ0n) is 26.3. The van der Waals surface area contributed by atoms with Gasteiger partial charge < -0.3 is 31.1 Å². The molecule has 45 heavy (non-hydrogen) atoms. The minimum Gasteiger partial charge on any atom is -0.508 e. The lowest BCUT2D eigenvalue weighted by atomic mass is 9.57. The topological polar surface area (TPSA) is 205 Å². The highest BCUT2D eigenvalue weighted by molar-refractivity contribution is 6.25. The van der Waals surface area contributed by atoms with Crippen LogP contribution in [0.5, 0.6) is 5.75 Å². The van der Waals surface area contributed by atoms with Gasteiger partial charge in [-0.15, -0.1) is 0 Å². The van der Waals surface area contributed by atoms with Crippen molar-refractivity contribution in [3.63, 3.8) is 0 Å². The number of hydrogen-bond donors (Lipinski definition) is 5. The van der Waals surface area contributed by atoms with Crippen LogP contribution >= 0.6 is 0 Å². The predicted octanol–water partition coefficient (Wildman–Crippen LogP) is 0.00370. The number of anilines is 2. The summed E-state index contributed by atoms with van der Waals surface area (Å²) in [6.07, 6.45) is 0.00245. The number of fused-ring (bicyclic) bond motifs is 3. The lowest BCUT2D eigenvalue weighted by molar-refractivity contribution is -0.153. The summed E-state index contributed by atoms with van der Waals surface area (Å²) >= 11 is 0. The number of amides is 3. The Hall–Kier alpha value is -4.27. The second-order valence-electron chi connectivity index (χ2n) is 13.6. The molecule has 14 heteroatoms. The van der Waals surface area contributed by atoms with Crippen molar-refractivity contribution < 1.29 is 44.4 Å². The fourth-order valence-corrected chi connectivity index (χ4v) is 7.25. The smallest absolute Gasteiger partial charge is 0.255 e. The van der Waals surface area contributed by atoms with Gasteiger partial charge >= 0.3 is 0 Å². The highest BCUT2D eigenvalue weighted by Crippen LogP contribution is 2.55. The number of nitrogens with zero attached hydrogens (tertiary/aromatic N) is 4. The van der Waals surface area contributed by atoms with Crippen molar-refractivity contribution in [3.8, 4) is 5.75 Å². The number of phenols is 1. The van der Waals surface area contributed by atoms with Gasteiger partial charge in [0, 0.05) is 36.8 Å². The minimum atomic E-state index is -2.78. The number of rotatable bonds is 4. The van der Waals surface area contributed by atoms with Gasteiger partial charge in [-0.3, -0.25) is 33.8 Å². The summed E-state index contributed by atoms with van der Waals surface area (Å²) < 4.78 is 0. The molecule has 242 valence electrons. The molecule has 2 fully saturated rings. The first-order valence-electron chi connectivity index (χ1n) is 14.6. The number of piperazine rings is 1. The molecule has 3 aliphatic carbocycles. The Kier molecular flexibility index (Phi) is 7.42. The molecule has 0 spiro atoms. The van der Waals surface area contributed by atoms with Gasteiger partial charge in [-0.25, -0.2) is 4.90 Å². The van der Waals surface area contributed by atoms with Crippen molar-refractivity contribution in [3.05, 3.63) is 34.1 Å². The Labute approximate surface area is 260 Å². The highest BCUT2D eigenvalue weighted by Gasteiger charge is 2.64. The normalized spacial score (nSPS) is 27.6. The van der Waals surface area contributed by atoms with E-state index in [9.17, 15) is 44.4 Å². The average molecular weight is 626 g/mol. The van der Waals surface area contributed by atoms with Gasteiger partial charge in [-0.2, -0.15) is 0 Å². The molecule has 1 aromatic rings. The summed E-state index contributed by atoms with van der Waals surface area (Å²) in [5.74, 6) is -8.97. The van der Waals surface area contributed by atoms with Gasteiger partial charge in [-0.05, 0) is 65.3 Å². The number of carbonyl (C=O) groups excluding carboxylic acids is 5. The molecule has 5 rings (SSSR count). The molecule has 14 nitrogen and oxygen atoms in total. The maximum atomic E-state index is 14.2. The van der Waals surface area contributed by atoms with Crippen LogP contribution in [0.1, 0.15) is 38.3 Å². The summed E-state index contributed by atoms with van der Waals surface area (Å²) in [4.78, 5) is 72.1. The summed E-state index contributed by atoms with van der Waals surface area (Å²) in [7, 11) is 6.46. The molecule has 0 bridgehead atoms. The third-order valence-electron chi connectivity index (χ3n) is 9.50. The first kappa shape index (κ1) is 32.1. The Morgan fingerprint density at radius 3 is 2.09 bits per heavy atom. The van der Waals surface area contributed by atoms with Crippen LogP contribution in [0.4, 0.5) is 11.4 Å².